The van der Waals surface area contributed by atoms with E-state index < -0.39 is 5.97 Å². The van der Waals surface area contributed by atoms with Crippen LogP contribution in [0.4, 0.5) is 0 Å². The molecule has 100 valence electrons. The van der Waals surface area contributed by atoms with Crippen molar-refractivity contribution in [1.29, 1.82) is 0 Å². The van der Waals surface area contributed by atoms with Gasteiger partial charge in [0.25, 0.3) is 0 Å². The molecule has 1 aromatic carbocycles. The van der Waals surface area contributed by atoms with Gasteiger partial charge in [0.2, 0.25) is 0 Å². The molecule has 1 heterocycles. The number of carbonyl (C=O) groups is 1. The van der Waals surface area contributed by atoms with Gasteiger partial charge in [-0.05, 0) is 36.1 Å². The van der Waals surface area contributed by atoms with Crippen molar-refractivity contribution in [3.05, 3.63) is 47.3 Å². The van der Waals surface area contributed by atoms with E-state index in [9.17, 15) is 4.79 Å². The van der Waals surface area contributed by atoms with Crippen LogP contribution in [0, 0.1) is 0 Å². The molecule has 2 rings (SSSR count). The van der Waals surface area contributed by atoms with Gasteiger partial charge in [0.15, 0.2) is 5.69 Å². The fraction of sp³-hybridized carbons (Fsp3) is 0.333. The molecule has 2 aromatic rings. The van der Waals surface area contributed by atoms with Gasteiger partial charge in [-0.3, -0.25) is 0 Å². The van der Waals surface area contributed by atoms with Gasteiger partial charge in [-0.15, -0.1) is 0 Å². The van der Waals surface area contributed by atoms with Crippen LogP contribution in [-0.4, -0.2) is 20.9 Å². The maximum atomic E-state index is 11.0. The smallest absolute Gasteiger partial charge is 0.356 e. The predicted molar refractivity (Wildman–Crippen MR) is 74.0 cm³/mol. The van der Waals surface area contributed by atoms with E-state index in [4.69, 9.17) is 5.11 Å². The Labute approximate surface area is 112 Å². The number of aromatic carboxylic acids is 1. The molecule has 1 aromatic heterocycles. The summed E-state index contributed by atoms with van der Waals surface area (Å²) in [6, 6.07) is 9.70. The van der Waals surface area contributed by atoms with Crippen molar-refractivity contribution in [1.82, 2.24) is 9.78 Å². The van der Waals surface area contributed by atoms with E-state index in [-0.39, 0.29) is 5.69 Å². The first kappa shape index (κ1) is 13.3. The normalized spacial score (nSPS) is 10.9. The van der Waals surface area contributed by atoms with E-state index in [1.54, 1.807) is 10.7 Å². The molecule has 1 N–H and O–H groups in total. The molecule has 0 spiro atoms. The van der Waals surface area contributed by atoms with Crippen LogP contribution in [0.2, 0.25) is 0 Å². The van der Waals surface area contributed by atoms with Gasteiger partial charge in [-0.2, -0.15) is 5.10 Å². The first-order valence-corrected chi connectivity index (χ1v) is 6.45. The molecule has 0 aliphatic carbocycles. The second kappa shape index (κ2) is 5.26. The van der Waals surface area contributed by atoms with Gasteiger partial charge in [0.1, 0.15) is 0 Å². The van der Waals surface area contributed by atoms with Gasteiger partial charge >= 0.3 is 5.97 Å². The zero-order chi connectivity index (χ0) is 14.0. The molecule has 0 aliphatic heterocycles. The van der Waals surface area contributed by atoms with Gasteiger partial charge in [-0.1, -0.05) is 32.9 Å². The predicted octanol–water partition coefficient (Wildman–Crippen LogP) is 3.26. The summed E-state index contributed by atoms with van der Waals surface area (Å²) in [5, 5.41) is 13.1. The molecule has 0 aliphatic rings. The molecule has 4 nitrogen and oxygen atoms in total. The molecule has 0 radical (unpaired) electrons. The van der Waals surface area contributed by atoms with Crippen LogP contribution in [0.15, 0.2) is 30.3 Å². The van der Waals surface area contributed by atoms with Crippen LogP contribution < -0.4 is 0 Å². The van der Waals surface area contributed by atoms with Crippen molar-refractivity contribution >= 4 is 5.97 Å². The topological polar surface area (TPSA) is 55.1 Å². The fourth-order valence-corrected chi connectivity index (χ4v) is 2.00. The monoisotopic (exact) mass is 258 g/mol. The van der Waals surface area contributed by atoms with E-state index >= 15 is 0 Å². The Kier molecular flexibility index (Phi) is 3.69. The van der Waals surface area contributed by atoms with Gasteiger partial charge in [0.05, 0.1) is 5.69 Å². The van der Waals surface area contributed by atoms with E-state index in [0.717, 1.165) is 17.8 Å². The van der Waals surface area contributed by atoms with Crippen LogP contribution in [0.1, 0.15) is 48.4 Å². The molecule has 0 unspecified atom stereocenters. The number of aromatic nitrogens is 2. The highest BCUT2D eigenvalue weighted by molar-refractivity contribution is 5.85. The highest BCUT2D eigenvalue weighted by Crippen LogP contribution is 2.18. The van der Waals surface area contributed by atoms with Crippen molar-refractivity contribution < 1.29 is 9.90 Å². The molecule has 0 bridgehead atoms. The van der Waals surface area contributed by atoms with Gasteiger partial charge in [0, 0.05) is 5.69 Å². The fourth-order valence-electron chi connectivity index (χ4n) is 2.00. The largest absolute Gasteiger partial charge is 0.476 e. The summed E-state index contributed by atoms with van der Waals surface area (Å²) in [4.78, 5) is 11.0. The van der Waals surface area contributed by atoms with E-state index in [0.29, 0.717) is 5.92 Å². The lowest BCUT2D eigenvalue weighted by Crippen LogP contribution is -2.03. The summed E-state index contributed by atoms with van der Waals surface area (Å²) in [7, 11) is 0. The average molecular weight is 258 g/mol. The first-order chi connectivity index (χ1) is 9.02. The van der Waals surface area contributed by atoms with Crippen LogP contribution >= 0.6 is 0 Å². The summed E-state index contributed by atoms with van der Waals surface area (Å²) in [5.41, 5.74) is 3.14. The summed E-state index contributed by atoms with van der Waals surface area (Å²) in [5.74, 6) is -0.515. The minimum Gasteiger partial charge on any atom is -0.476 e. The van der Waals surface area contributed by atoms with Gasteiger partial charge < -0.3 is 5.11 Å². The lowest BCUT2D eigenvalue weighted by molar-refractivity contribution is 0.0690. The van der Waals surface area contributed by atoms with Crippen molar-refractivity contribution in [2.45, 2.75) is 33.1 Å². The maximum Gasteiger partial charge on any atom is 0.356 e. The molecule has 0 saturated carbocycles. The SMILES string of the molecule is CCc1cc(C(=O)O)nn1-c1ccc(C(C)C)cc1. The number of carboxylic acid groups (broad SMARTS) is 1. The zero-order valence-corrected chi connectivity index (χ0v) is 11.4. The number of aryl methyl sites for hydroxylation is 1. The van der Waals surface area contributed by atoms with Gasteiger partial charge in [-0.25, -0.2) is 9.48 Å². The molecule has 0 amide bonds. The van der Waals surface area contributed by atoms with E-state index in [2.05, 4.69) is 31.1 Å². The second-order valence-corrected chi connectivity index (χ2v) is 4.84. The highest BCUT2D eigenvalue weighted by atomic mass is 16.4. The summed E-state index contributed by atoms with van der Waals surface area (Å²) >= 11 is 0. The summed E-state index contributed by atoms with van der Waals surface area (Å²) in [6.45, 7) is 6.27. The molecule has 0 fully saturated rings. The second-order valence-electron chi connectivity index (χ2n) is 4.84. The quantitative estimate of drug-likeness (QED) is 0.915. The third-order valence-electron chi connectivity index (χ3n) is 3.17. The molecule has 0 atom stereocenters. The van der Waals surface area contributed by atoms with Crippen molar-refractivity contribution in [3.8, 4) is 5.69 Å². The number of carboxylic acids is 1. The van der Waals surface area contributed by atoms with Crippen LogP contribution in [0.5, 0.6) is 0 Å². The van der Waals surface area contributed by atoms with E-state index in [1.807, 2.05) is 19.1 Å². The molecule has 19 heavy (non-hydrogen) atoms. The molecular weight excluding hydrogens is 240 g/mol. The Morgan fingerprint density at radius 2 is 1.95 bits per heavy atom. The Hall–Kier alpha value is -2.10. The van der Waals surface area contributed by atoms with Crippen molar-refractivity contribution in [2.24, 2.45) is 0 Å². The number of benzene rings is 1. The van der Waals surface area contributed by atoms with E-state index in [1.165, 1.54) is 5.56 Å². The molecule has 0 saturated heterocycles. The Balaban J connectivity index is 2.43. The third kappa shape index (κ3) is 2.67. The van der Waals surface area contributed by atoms with Crippen LogP contribution in [-0.2, 0) is 6.42 Å². The number of rotatable bonds is 4. The third-order valence-corrected chi connectivity index (χ3v) is 3.17. The first-order valence-electron chi connectivity index (χ1n) is 6.45. The highest BCUT2D eigenvalue weighted by Gasteiger charge is 2.13. The van der Waals surface area contributed by atoms with Crippen LogP contribution in [0.3, 0.4) is 0 Å². The number of hydrogen-bond donors (Lipinski definition) is 1. The standard InChI is InChI=1S/C15H18N2O2/c1-4-12-9-14(15(18)19)16-17(12)13-7-5-11(6-8-13)10(2)3/h5-10H,4H2,1-3H3,(H,18,19). The number of nitrogens with zero attached hydrogens (tertiary/aromatic N) is 2. The average Bonchev–Trinajstić information content (AvgIpc) is 2.83. The Bertz CT molecular complexity index is 583. The Morgan fingerprint density at radius 3 is 2.42 bits per heavy atom. The minimum atomic E-state index is -0.993. The minimum absolute atomic E-state index is 0.0878. The molecular formula is C15H18N2O2. The Morgan fingerprint density at radius 1 is 1.32 bits per heavy atom. The summed E-state index contributed by atoms with van der Waals surface area (Å²) < 4.78 is 1.70. The van der Waals surface area contributed by atoms with Crippen molar-refractivity contribution in [3.63, 3.8) is 0 Å². The molecule has 4 heteroatoms. The lowest BCUT2D eigenvalue weighted by Gasteiger charge is -2.09. The summed E-state index contributed by atoms with van der Waals surface area (Å²) in [6.07, 6.45) is 0.742. The maximum absolute atomic E-state index is 11.0. The van der Waals surface area contributed by atoms with Crippen LogP contribution in [0.25, 0.3) is 5.69 Å². The lowest BCUT2D eigenvalue weighted by atomic mass is 10.0. The number of hydrogen-bond acceptors (Lipinski definition) is 2. The zero-order valence-electron chi connectivity index (χ0n) is 11.4. The van der Waals surface area contributed by atoms with Crippen molar-refractivity contribution in [2.75, 3.05) is 0 Å².